The number of aromatic nitrogens is 3. The van der Waals surface area contributed by atoms with Gasteiger partial charge < -0.3 is 28.7 Å². The summed E-state index contributed by atoms with van der Waals surface area (Å²) in [5, 5.41) is 0. The smallest absolute Gasteiger partial charge is 0.325 e. The lowest BCUT2D eigenvalue weighted by Gasteiger charge is -1.93. The molecule has 13 nitrogen and oxygen atoms in total. The van der Waals surface area contributed by atoms with Crippen molar-refractivity contribution in [3.05, 3.63) is 0 Å². The maximum absolute atomic E-state index is 9.19. The molecular formula is C5H12N8O5S. The van der Waals surface area contributed by atoms with Gasteiger partial charge in [-0.2, -0.15) is 23.4 Å². The van der Waals surface area contributed by atoms with Gasteiger partial charge >= 0.3 is 16.1 Å². The highest BCUT2D eigenvalue weighted by molar-refractivity contribution is 7.99. The summed E-state index contributed by atoms with van der Waals surface area (Å²) in [5.41, 5.74) is 23.4. The van der Waals surface area contributed by atoms with Crippen LogP contribution >= 0.6 is 0 Å². The SMILES string of the molecule is NC(N)=O.Nc1nc(N)nc(N)n1.O=CS(=O)(=O)O. The summed E-state index contributed by atoms with van der Waals surface area (Å²) in [4.78, 5) is 28.5. The third kappa shape index (κ3) is 17.9. The summed E-state index contributed by atoms with van der Waals surface area (Å²) in [6.45, 7) is 0. The van der Waals surface area contributed by atoms with E-state index in [-0.39, 0.29) is 17.8 Å². The summed E-state index contributed by atoms with van der Waals surface area (Å²) < 4.78 is 25.8. The average Bonchev–Trinajstić information content (AvgIpc) is 2.13. The van der Waals surface area contributed by atoms with Gasteiger partial charge in [-0.3, -0.25) is 9.35 Å². The predicted molar refractivity (Wildman–Crippen MR) is 65.1 cm³/mol. The molecule has 0 atom stereocenters. The number of nitrogens with two attached hydrogens (primary N) is 5. The maximum Gasteiger partial charge on any atom is 0.325 e. The van der Waals surface area contributed by atoms with Crippen LogP contribution in [-0.2, 0) is 14.9 Å². The molecule has 2 amide bonds. The second-order valence-corrected chi connectivity index (χ2v) is 3.65. The first-order valence-corrected chi connectivity index (χ1v) is 5.48. The van der Waals surface area contributed by atoms with E-state index in [2.05, 4.69) is 26.4 Å². The number of carbonyl (C=O) groups excluding carboxylic acids is 2. The van der Waals surface area contributed by atoms with E-state index in [1.54, 1.807) is 0 Å². The molecule has 0 unspecified atom stereocenters. The molecule has 11 N–H and O–H groups in total. The van der Waals surface area contributed by atoms with Crippen LogP contribution in [0, 0.1) is 0 Å². The standard InChI is InChI=1S/C3H6N6.CH4N2O.CH2O4S/c4-1-7-2(5)9-3(6)8-1;2-1(3)4;2-1-6(3,4)5/h(H6,4,5,6,7,8,9);(H4,2,3,4);1H,(H,3,4,5). The van der Waals surface area contributed by atoms with Crippen LogP contribution in [0.5, 0.6) is 0 Å². The summed E-state index contributed by atoms with van der Waals surface area (Å²) >= 11 is 0. The highest BCUT2D eigenvalue weighted by Gasteiger charge is 1.94. The van der Waals surface area contributed by atoms with Gasteiger partial charge in [-0.15, -0.1) is 0 Å². The molecule has 19 heavy (non-hydrogen) atoms. The van der Waals surface area contributed by atoms with Crippen molar-refractivity contribution in [2.45, 2.75) is 0 Å². The number of hydrogen-bond donors (Lipinski definition) is 6. The second kappa shape index (κ2) is 8.37. The molecule has 0 aliphatic carbocycles. The molecule has 14 heteroatoms. The molecule has 0 saturated heterocycles. The number of urea groups is 1. The largest absolute Gasteiger partial charge is 0.368 e. The van der Waals surface area contributed by atoms with Crippen molar-refractivity contribution in [1.82, 2.24) is 15.0 Å². The first kappa shape index (κ1) is 18.6. The Kier molecular flexibility index (Phi) is 8.20. The van der Waals surface area contributed by atoms with Gasteiger partial charge in [-0.1, -0.05) is 0 Å². The van der Waals surface area contributed by atoms with E-state index >= 15 is 0 Å². The Morgan fingerprint density at radius 1 is 1.00 bits per heavy atom. The quantitative estimate of drug-likeness (QED) is 0.221. The lowest BCUT2D eigenvalue weighted by atomic mass is 10.9. The molecule has 1 aromatic heterocycles. The van der Waals surface area contributed by atoms with Gasteiger partial charge in [0.25, 0.3) is 5.62 Å². The fraction of sp³-hybridized carbons (Fsp3) is 0. The normalized spacial score (nSPS) is 9.11. The highest BCUT2D eigenvalue weighted by atomic mass is 32.2. The number of anilines is 3. The molecule has 0 aliphatic heterocycles. The summed E-state index contributed by atoms with van der Waals surface area (Å²) in [5.74, 6) is 0.125. The van der Waals surface area contributed by atoms with E-state index in [0.29, 0.717) is 0 Å². The Bertz CT molecular complexity index is 464. The van der Waals surface area contributed by atoms with Crippen molar-refractivity contribution < 1.29 is 22.6 Å². The topological polar surface area (TPSA) is 257 Å². The third-order valence-electron chi connectivity index (χ3n) is 0.809. The first-order chi connectivity index (χ1) is 8.47. The van der Waals surface area contributed by atoms with Crippen LogP contribution in [0.4, 0.5) is 22.6 Å². The Morgan fingerprint density at radius 3 is 1.26 bits per heavy atom. The zero-order chi connectivity index (χ0) is 15.6. The van der Waals surface area contributed by atoms with Gasteiger partial charge in [0, 0.05) is 0 Å². The van der Waals surface area contributed by atoms with Crippen LogP contribution in [0.3, 0.4) is 0 Å². The molecule has 0 saturated carbocycles. The predicted octanol–water partition coefficient (Wildman–Crippen LogP) is -3.29. The summed E-state index contributed by atoms with van der Waals surface area (Å²) in [7, 11) is -4.34. The Hall–Kier alpha value is -2.74. The maximum atomic E-state index is 9.19. The van der Waals surface area contributed by atoms with Crippen molar-refractivity contribution in [2.75, 3.05) is 17.2 Å². The van der Waals surface area contributed by atoms with E-state index < -0.39 is 21.8 Å². The molecule has 108 valence electrons. The molecule has 0 radical (unpaired) electrons. The lowest BCUT2D eigenvalue weighted by molar-refractivity contribution is 0.256. The van der Waals surface area contributed by atoms with Crippen LogP contribution < -0.4 is 28.7 Å². The van der Waals surface area contributed by atoms with E-state index in [9.17, 15) is 8.42 Å². The lowest BCUT2D eigenvalue weighted by Crippen LogP contribution is -2.18. The van der Waals surface area contributed by atoms with Crippen LogP contribution in [0.25, 0.3) is 0 Å². The van der Waals surface area contributed by atoms with Gasteiger partial charge in [0.15, 0.2) is 0 Å². The van der Waals surface area contributed by atoms with Gasteiger partial charge in [0.05, 0.1) is 0 Å². The molecule has 0 spiro atoms. The third-order valence-corrected chi connectivity index (χ3v) is 1.05. The highest BCUT2D eigenvalue weighted by Crippen LogP contribution is 1.97. The average molecular weight is 296 g/mol. The molecule has 1 rings (SSSR count). The van der Waals surface area contributed by atoms with Gasteiger partial charge in [-0.05, 0) is 0 Å². The Labute approximate surface area is 106 Å². The van der Waals surface area contributed by atoms with E-state index in [4.69, 9.17) is 31.3 Å². The number of primary amides is 2. The minimum atomic E-state index is -4.34. The van der Waals surface area contributed by atoms with Crippen molar-refractivity contribution >= 4 is 39.6 Å². The molecule has 0 aromatic carbocycles. The fourth-order valence-corrected chi connectivity index (χ4v) is 0.427. The number of carbonyl (C=O) groups is 2. The number of amides is 2. The van der Waals surface area contributed by atoms with E-state index in [1.807, 2.05) is 0 Å². The summed E-state index contributed by atoms with van der Waals surface area (Å²) in [6.07, 6.45) is 0. The van der Waals surface area contributed by atoms with E-state index in [1.165, 1.54) is 0 Å². The first-order valence-electron chi connectivity index (χ1n) is 3.98. The molecule has 0 bridgehead atoms. The number of nitrogens with zero attached hydrogens (tertiary/aromatic N) is 3. The van der Waals surface area contributed by atoms with Gasteiger partial charge in [-0.25, -0.2) is 4.79 Å². The number of hydrogen-bond acceptors (Lipinski definition) is 10. The summed E-state index contributed by atoms with van der Waals surface area (Å²) in [6, 6.07) is -0.833. The molecule has 1 aromatic rings. The van der Waals surface area contributed by atoms with Crippen LogP contribution in [-0.4, -0.2) is 39.6 Å². The van der Waals surface area contributed by atoms with E-state index in [0.717, 1.165) is 0 Å². The van der Waals surface area contributed by atoms with Crippen molar-refractivity contribution in [1.29, 1.82) is 0 Å². The second-order valence-electron chi connectivity index (χ2n) is 2.42. The van der Waals surface area contributed by atoms with Crippen molar-refractivity contribution in [3.8, 4) is 0 Å². The zero-order valence-corrected chi connectivity index (χ0v) is 10.1. The van der Waals surface area contributed by atoms with Crippen LogP contribution in [0.2, 0.25) is 0 Å². The van der Waals surface area contributed by atoms with Gasteiger partial charge in [0.1, 0.15) is 0 Å². The number of rotatable bonds is 1. The molecule has 0 fully saturated rings. The monoisotopic (exact) mass is 296 g/mol. The van der Waals surface area contributed by atoms with Crippen molar-refractivity contribution in [2.24, 2.45) is 11.5 Å². The van der Waals surface area contributed by atoms with Crippen LogP contribution in [0.15, 0.2) is 0 Å². The molecule has 1 heterocycles. The molecular weight excluding hydrogens is 284 g/mol. The minimum absolute atomic E-state index is 0.0417. The molecule has 0 aliphatic rings. The minimum Gasteiger partial charge on any atom is -0.368 e. The van der Waals surface area contributed by atoms with Crippen LogP contribution in [0.1, 0.15) is 0 Å². The Morgan fingerprint density at radius 2 is 1.16 bits per heavy atom. The van der Waals surface area contributed by atoms with Crippen molar-refractivity contribution in [3.63, 3.8) is 0 Å². The fourth-order valence-electron chi connectivity index (χ4n) is 0.427. The zero-order valence-electron chi connectivity index (χ0n) is 9.29. The number of nitrogen functional groups attached to an aromatic ring is 3. The Balaban J connectivity index is 0. The van der Waals surface area contributed by atoms with Gasteiger partial charge in [0.2, 0.25) is 17.8 Å².